The fourth-order valence-corrected chi connectivity index (χ4v) is 1.36. The lowest BCUT2D eigenvalue weighted by Gasteiger charge is -2.28. The van der Waals surface area contributed by atoms with Crippen molar-refractivity contribution in [3.8, 4) is 0 Å². The summed E-state index contributed by atoms with van der Waals surface area (Å²) in [7, 11) is 1.11. The number of alkyl halides is 3. The van der Waals surface area contributed by atoms with Crippen LogP contribution in [0.15, 0.2) is 20.4 Å². The first-order chi connectivity index (χ1) is 8.65. The van der Waals surface area contributed by atoms with Crippen LogP contribution in [-0.4, -0.2) is 43.4 Å². The molecule has 0 aromatic rings. The van der Waals surface area contributed by atoms with Crippen LogP contribution in [0.4, 0.5) is 17.6 Å². The first-order valence-corrected chi connectivity index (χ1v) is 6.05. The maximum atomic E-state index is 13.4. The number of aliphatic imine (C=N–C) groups is 2. The van der Waals surface area contributed by atoms with Gasteiger partial charge in [-0.1, -0.05) is 0 Å². The Bertz CT molecular complexity index is 378. The molecule has 0 aliphatic heterocycles. The zero-order valence-electron chi connectivity index (χ0n) is 10.5. The highest BCUT2D eigenvalue weighted by molar-refractivity contribution is 9.11. The number of hydrogen-bond acceptors (Lipinski definition) is 3. The summed E-state index contributed by atoms with van der Waals surface area (Å²) in [6, 6.07) is 0. The molecule has 0 rings (SSSR count). The zero-order chi connectivity index (χ0) is 15.2. The highest BCUT2D eigenvalue weighted by atomic mass is 79.9. The smallest absolute Gasteiger partial charge is 0.340 e. The first-order valence-electron chi connectivity index (χ1n) is 5.26. The molecule has 0 amide bonds. The van der Waals surface area contributed by atoms with Crippen molar-refractivity contribution in [1.82, 2.24) is 4.90 Å². The van der Waals surface area contributed by atoms with Crippen molar-refractivity contribution in [2.24, 2.45) is 15.7 Å². The summed E-state index contributed by atoms with van der Waals surface area (Å²) in [6.07, 6.45) is -6.31. The molecule has 0 heterocycles. The van der Waals surface area contributed by atoms with Crippen molar-refractivity contribution in [3.05, 3.63) is 10.4 Å². The molecule has 19 heavy (non-hydrogen) atoms. The summed E-state index contributed by atoms with van der Waals surface area (Å²) in [6.45, 7) is 4.49. The van der Waals surface area contributed by atoms with Gasteiger partial charge in [0.25, 0.3) is 0 Å². The van der Waals surface area contributed by atoms with Crippen LogP contribution in [-0.2, 0) is 0 Å². The van der Waals surface area contributed by atoms with E-state index in [4.69, 9.17) is 5.73 Å². The third kappa shape index (κ3) is 5.68. The zero-order valence-corrected chi connectivity index (χ0v) is 12.1. The molecule has 0 fully saturated rings. The van der Waals surface area contributed by atoms with Gasteiger partial charge in [0, 0.05) is 20.0 Å². The van der Waals surface area contributed by atoms with Crippen molar-refractivity contribution < 1.29 is 17.6 Å². The van der Waals surface area contributed by atoms with Crippen molar-refractivity contribution in [1.29, 1.82) is 0 Å². The monoisotopic (exact) mass is 346 g/mol. The summed E-state index contributed by atoms with van der Waals surface area (Å²) < 4.78 is 51.4. The van der Waals surface area contributed by atoms with Gasteiger partial charge in [-0.25, -0.2) is 4.39 Å². The Kier molecular flexibility index (Phi) is 7.20. The summed E-state index contributed by atoms with van der Waals surface area (Å²) in [5, 5.41) is 0. The molecule has 0 aliphatic carbocycles. The molecule has 0 saturated carbocycles. The predicted octanol–water partition coefficient (Wildman–Crippen LogP) is 2.81. The summed E-state index contributed by atoms with van der Waals surface area (Å²) >= 11 is 2.78. The number of rotatable bonds is 5. The van der Waals surface area contributed by atoms with E-state index in [1.165, 1.54) is 6.92 Å². The van der Waals surface area contributed by atoms with Crippen LogP contribution < -0.4 is 5.73 Å². The van der Waals surface area contributed by atoms with E-state index in [0.29, 0.717) is 4.90 Å². The molecule has 0 saturated heterocycles. The lowest BCUT2D eigenvalue weighted by Crippen LogP contribution is -2.49. The fraction of sp³-hybridized carbons (Fsp3) is 0.600. The number of halogens is 5. The summed E-state index contributed by atoms with van der Waals surface area (Å²) in [4.78, 5) is 7.30. The Labute approximate surface area is 117 Å². The van der Waals surface area contributed by atoms with Crippen molar-refractivity contribution in [3.63, 3.8) is 0 Å². The minimum Gasteiger partial charge on any atom is -0.340 e. The Morgan fingerprint density at radius 2 is 2.00 bits per heavy atom. The van der Waals surface area contributed by atoms with Gasteiger partial charge >= 0.3 is 6.18 Å². The van der Waals surface area contributed by atoms with Gasteiger partial charge in [-0.3, -0.25) is 9.98 Å². The highest BCUT2D eigenvalue weighted by Gasteiger charge is 2.40. The summed E-state index contributed by atoms with van der Waals surface area (Å²) in [5.74, 6) is -1.93. The van der Waals surface area contributed by atoms with Crippen LogP contribution >= 0.6 is 15.9 Å². The second kappa shape index (κ2) is 7.59. The number of nitrogens with zero attached hydrogens (tertiary/aromatic N) is 3. The van der Waals surface area contributed by atoms with Crippen LogP contribution in [0, 0.1) is 0 Å². The van der Waals surface area contributed by atoms with Crippen LogP contribution in [0.3, 0.4) is 0 Å². The number of nitrogens with two attached hydrogens (primary N) is 1. The molecule has 4 nitrogen and oxygen atoms in total. The minimum atomic E-state index is -4.64. The topological polar surface area (TPSA) is 54.0 Å². The van der Waals surface area contributed by atoms with Gasteiger partial charge in [0.2, 0.25) is 5.84 Å². The highest BCUT2D eigenvalue weighted by Crippen LogP contribution is 2.23. The lowest BCUT2D eigenvalue weighted by atomic mass is 10.3. The molecule has 0 spiro atoms. The third-order valence-corrected chi connectivity index (χ3v) is 2.82. The molecule has 9 heteroatoms. The van der Waals surface area contributed by atoms with Gasteiger partial charge in [0.15, 0.2) is 0 Å². The van der Waals surface area contributed by atoms with Gasteiger partial charge in [-0.05, 0) is 29.6 Å². The standard InChI is InChI=1S/C10H15BrF4N4/c1-4-18-9(10(13,14)15)19(3)7(16)5-6(12)8(11)17-2/h7H,2,4-5,16H2,1,3H3/b8-6+,18-9?. The second-order valence-electron chi connectivity index (χ2n) is 3.53. The first kappa shape index (κ1) is 18.0. The van der Waals surface area contributed by atoms with E-state index < -0.39 is 30.4 Å². The molecule has 0 aliphatic rings. The maximum Gasteiger partial charge on any atom is 0.449 e. The number of amidine groups is 1. The molecular weight excluding hydrogens is 332 g/mol. The van der Waals surface area contributed by atoms with E-state index in [9.17, 15) is 17.6 Å². The van der Waals surface area contributed by atoms with Crippen LogP contribution in [0.1, 0.15) is 13.3 Å². The van der Waals surface area contributed by atoms with Gasteiger partial charge in [0.05, 0.1) is 6.17 Å². The molecular formula is C10H15BrF4N4. The molecule has 1 unspecified atom stereocenters. The fourth-order valence-electron chi connectivity index (χ4n) is 1.20. The Morgan fingerprint density at radius 1 is 1.47 bits per heavy atom. The second-order valence-corrected chi connectivity index (χ2v) is 4.28. The van der Waals surface area contributed by atoms with Crippen LogP contribution in [0.5, 0.6) is 0 Å². The molecule has 0 bridgehead atoms. The molecule has 0 aromatic heterocycles. The largest absolute Gasteiger partial charge is 0.449 e. The summed E-state index contributed by atoms with van der Waals surface area (Å²) in [5.41, 5.74) is 5.53. The normalized spacial score (nSPS) is 15.9. The van der Waals surface area contributed by atoms with Gasteiger partial charge in [-0.15, -0.1) is 0 Å². The lowest BCUT2D eigenvalue weighted by molar-refractivity contribution is -0.0697. The Hall–Kier alpha value is -0.960. The van der Waals surface area contributed by atoms with E-state index >= 15 is 0 Å². The van der Waals surface area contributed by atoms with Gasteiger partial charge < -0.3 is 10.6 Å². The average molecular weight is 347 g/mol. The van der Waals surface area contributed by atoms with Crippen molar-refractivity contribution >= 4 is 28.5 Å². The molecule has 1 atom stereocenters. The van der Waals surface area contributed by atoms with Crippen LogP contribution in [0.2, 0.25) is 0 Å². The quantitative estimate of drug-likeness (QED) is 0.273. The molecule has 2 N–H and O–H groups in total. The van der Waals surface area contributed by atoms with E-state index in [-0.39, 0.29) is 11.2 Å². The van der Waals surface area contributed by atoms with E-state index in [1.807, 2.05) is 0 Å². The Morgan fingerprint density at radius 3 is 2.37 bits per heavy atom. The van der Waals surface area contributed by atoms with E-state index in [1.54, 1.807) is 0 Å². The average Bonchev–Trinajstić information content (AvgIpc) is 2.32. The van der Waals surface area contributed by atoms with E-state index in [2.05, 4.69) is 32.6 Å². The predicted molar refractivity (Wildman–Crippen MR) is 71.0 cm³/mol. The molecule has 0 radical (unpaired) electrons. The number of hydrogen-bond donors (Lipinski definition) is 1. The Balaban J connectivity index is 5.04. The van der Waals surface area contributed by atoms with Crippen LogP contribution in [0.25, 0.3) is 0 Å². The van der Waals surface area contributed by atoms with E-state index in [0.717, 1.165) is 7.05 Å². The SMILES string of the molecule is C=N/C(Br)=C(/F)CC(N)N(C)C(=NCC)C(F)(F)F. The third-order valence-electron chi connectivity index (χ3n) is 2.14. The van der Waals surface area contributed by atoms with Gasteiger partial charge in [-0.2, -0.15) is 13.2 Å². The maximum absolute atomic E-state index is 13.4. The van der Waals surface area contributed by atoms with Crippen molar-refractivity contribution in [2.75, 3.05) is 13.6 Å². The molecule has 110 valence electrons. The molecule has 0 aromatic carbocycles. The minimum absolute atomic E-state index is 0.0534. The van der Waals surface area contributed by atoms with Crippen molar-refractivity contribution in [2.45, 2.75) is 25.7 Å². The van der Waals surface area contributed by atoms with Gasteiger partial charge in [0.1, 0.15) is 10.4 Å².